The molecule has 5 heteroatoms. The van der Waals surface area contributed by atoms with Gasteiger partial charge in [-0.05, 0) is 26.0 Å². The molecule has 0 saturated heterocycles. The monoisotopic (exact) mass is 295 g/mol. The first-order valence-corrected chi connectivity index (χ1v) is 6.96. The van der Waals surface area contributed by atoms with Gasteiger partial charge in [0.05, 0.1) is 0 Å². The molecule has 1 aromatic heterocycles. The maximum absolute atomic E-state index is 13.0. The summed E-state index contributed by atoms with van der Waals surface area (Å²) in [5, 5.41) is 3.29. The molecule has 0 radical (unpaired) electrons. The van der Waals surface area contributed by atoms with E-state index in [2.05, 4.69) is 12.2 Å². The van der Waals surface area contributed by atoms with E-state index < -0.39 is 11.6 Å². The molecule has 0 aliphatic rings. The molecule has 0 aliphatic heterocycles. The van der Waals surface area contributed by atoms with Crippen LogP contribution in [-0.4, -0.2) is 6.54 Å². The van der Waals surface area contributed by atoms with Gasteiger partial charge < -0.3 is 14.5 Å². The number of nitrogens with one attached hydrogen (secondary N) is 1. The van der Waals surface area contributed by atoms with Crippen molar-refractivity contribution in [3.05, 3.63) is 53.0 Å². The second-order valence-electron chi connectivity index (χ2n) is 4.86. The molecule has 0 bridgehead atoms. The lowest BCUT2D eigenvalue weighted by Crippen LogP contribution is -2.13. The zero-order chi connectivity index (χ0) is 15.2. The zero-order valence-electron chi connectivity index (χ0n) is 12.2. The van der Waals surface area contributed by atoms with Crippen molar-refractivity contribution < 1.29 is 17.9 Å². The maximum atomic E-state index is 13.0. The van der Waals surface area contributed by atoms with E-state index in [4.69, 9.17) is 9.15 Å². The summed E-state index contributed by atoms with van der Waals surface area (Å²) in [7, 11) is 0. The molecule has 0 amide bonds. The topological polar surface area (TPSA) is 34.4 Å². The molecule has 1 N–H and O–H groups in total. The fourth-order valence-corrected chi connectivity index (χ4v) is 2.00. The summed E-state index contributed by atoms with van der Waals surface area (Å²) in [6.45, 7) is 5.80. The summed E-state index contributed by atoms with van der Waals surface area (Å²) in [6, 6.07) is 4.99. The highest BCUT2D eigenvalue weighted by molar-refractivity contribution is 5.25. The Morgan fingerprint density at radius 3 is 2.52 bits per heavy atom. The Labute approximate surface area is 122 Å². The Bertz CT molecular complexity index is 576. The Hall–Kier alpha value is -1.88. The summed E-state index contributed by atoms with van der Waals surface area (Å²) in [5.41, 5.74) is 1.06. The standard InChI is InChI=1S/C16H19F2NO2/c1-3-4-19-9-12-5-16(21-11(12)2)10-20-15-7-13(17)6-14(18)8-15/h5-8,19H,3-4,9-10H2,1-2H3. The summed E-state index contributed by atoms with van der Waals surface area (Å²) >= 11 is 0. The smallest absolute Gasteiger partial charge is 0.146 e. The van der Waals surface area contributed by atoms with Crippen molar-refractivity contribution in [3.63, 3.8) is 0 Å². The normalized spacial score (nSPS) is 10.9. The molecule has 2 rings (SSSR count). The number of hydrogen-bond donors (Lipinski definition) is 1. The largest absolute Gasteiger partial charge is 0.485 e. The molecule has 1 aromatic carbocycles. The van der Waals surface area contributed by atoms with E-state index >= 15 is 0 Å². The molecule has 2 aromatic rings. The average Bonchev–Trinajstić information content (AvgIpc) is 2.77. The van der Waals surface area contributed by atoms with Gasteiger partial charge in [0, 0.05) is 30.3 Å². The van der Waals surface area contributed by atoms with Gasteiger partial charge in [-0.3, -0.25) is 0 Å². The minimum absolute atomic E-state index is 0.136. The van der Waals surface area contributed by atoms with Crippen LogP contribution in [0.4, 0.5) is 8.78 Å². The van der Waals surface area contributed by atoms with Crippen LogP contribution in [0.3, 0.4) is 0 Å². The third-order valence-corrected chi connectivity index (χ3v) is 3.03. The maximum Gasteiger partial charge on any atom is 0.146 e. The second kappa shape index (κ2) is 7.22. The van der Waals surface area contributed by atoms with Crippen molar-refractivity contribution >= 4 is 0 Å². The summed E-state index contributed by atoms with van der Waals surface area (Å²) in [6.07, 6.45) is 1.07. The predicted molar refractivity (Wildman–Crippen MR) is 76.1 cm³/mol. The molecular weight excluding hydrogens is 276 g/mol. The van der Waals surface area contributed by atoms with E-state index in [0.717, 1.165) is 49.0 Å². The van der Waals surface area contributed by atoms with Crippen LogP contribution in [0, 0.1) is 18.6 Å². The zero-order valence-corrected chi connectivity index (χ0v) is 12.2. The minimum atomic E-state index is -0.662. The Morgan fingerprint density at radius 2 is 1.86 bits per heavy atom. The fourth-order valence-electron chi connectivity index (χ4n) is 2.00. The first kappa shape index (κ1) is 15.5. The fraction of sp³-hybridized carbons (Fsp3) is 0.375. The van der Waals surface area contributed by atoms with Crippen LogP contribution in [0.5, 0.6) is 5.75 Å². The molecule has 21 heavy (non-hydrogen) atoms. The highest BCUT2D eigenvalue weighted by Crippen LogP contribution is 2.19. The van der Waals surface area contributed by atoms with Crippen LogP contribution in [0.1, 0.15) is 30.4 Å². The molecule has 0 fully saturated rings. The molecule has 0 spiro atoms. The van der Waals surface area contributed by atoms with Crippen molar-refractivity contribution in [1.29, 1.82) is 0 Å². The minimum Gasteiger partial charge on any atom is -0.485 e. The Balaban J connectivity index is 1.95. The number of hydrogen-bond acceptors (Lipinski definition) is 3. The van der Waals surface area contributed by atoms with Gasteiger partial charge in [0.2, 0.25) is 0 Å². The summed E-state index contributed by atoms with van der Waals surface area (Å²) in [4.78, 5) is 0. The number of rotatable bonds is 7. The molecule has 114 valence electrons. The van der Waals surface area contributed by atoms with Gasteiger partial charge in [0.25, 0.3) is 0 Å². The van der Waals surface area contributed by atoms with Gasteiger partial charge in [-0.2, -0.15) is 0 Å². The lowest BCUT2D eigenvalue weighted by molar-refractivity contribution is 0.265. The lowest BCUT2D eigenvalue weighted by Gasteiger charge is -2.04. The molecule has 0 saturated carbocycles. The van der Waals surface area contributed by atoms with Crippen LogP contribution < -0.4 is 10.1 Å². The van der Waals surface area contributed by atoms with E-state index in [1.165, 1.54) is 0 Å². The van der Waals surface area contributed by atoms with Crippen LogP contribution >= 0.6 is 0 Å². The molecule has 0 atom stereocenters. The van der Waals surface area contributed by atoms with Crippen LogP contribution in [0.2, 0.25) is 0 Å². The van der Waals surface area contributed by atoms with Crippen molar-refractivity contribution in [3.8, 4) is 5.75 Å². The number of ether oxygens (including phenoxy) is 1. The average molecular weight is 295 g/mol. The summed E-state index contributed by atoms with van der Waals surface area (Å²) in [5.74, 6) is 0.274. The number of aryl methyl sites for hydroxylation is 1. The van der Waals surface area contributed by atoms with E-state index in [1.54, 1.807) is 0 Å². The van der Waals surface area contributed by atoms with Gasteiger partial charge in [0.15, 0.2) is 0 Å². The van der Waals surface area contributed by atoms with Crippen molar-refractivity contribution in [2.45, 2.75) is 33.4 Å². The van der Waals surface area contributed by atoms with Gasteiger partial charge in [0.1, 0.15) is 35.5 Å². The Morgan fingerprint density at radius 1 is 1.14 bits per heavy atom. The second-order valence-corrected chi connectivity index (χ2v) is 4.86. The van der Waals surface area contributed by atoms with Crippen LogP contribution in [0.25, 0.3) is 0 Å². The highest BCUT2D eigenvalue weighted by atomic mass is 19.1. The van der Waals surface area contributed by atoms with E-state index in [0.29, 0.717) is 5.76 Å². The van der Waals surface area contributed by atoms with Gasteiger partial charge in [-0.15, -0.1) is 0 Å². The SMILES string of the molecule is CCCNCc1cc(COc2cc(F)cc(F)c2)oc1C. The van der Waals surface area contributed by atoms with Crippen LogP contribution in [0.15, 0.2) is 28.7 Å². The quantitative estimate of drug-likeness (QED) is 0.786. The van der Waals surface area contributed by atoms with Crippen LogP contribution in [-0.2, 0) is 13.2 Å². The van der Waals surface area contributed by atoms with E-state index in [1.807, 2.05) is 13.0 Å². The van der Waals surface area contributed by atoms with Gasteiger partial charge in [-0.1, -0.05) is 6.92 Å². The number of furan rings is 1. The lowest BCUT2D eigenvalue weighted by atomic mass is 10.2. The third kappa shape index (κ3) is 4.56. The Kier molecular flexibility index (Phi) is 5.33. The van der Waals surface area contributed by atoms with Crippen molar-refractivity contribution in [2.75, 3.05) is 6.54 Å². The third-order valence-electron chi connectivity index (χ3n) is 3.03. The number of benzene rings is 1. The molecular formula is C16H19F2NO2. The molecule has 1 heterocycles. The van der Waals surface area contributed by atoms with Gasteiger partial charge >= 0.3 is 0 Å². The predicted octanol–water partition coefficient (Wildman–Crippen LogP) is 3.94. The molecule has 0 unspecified atom stereocenters. The summed E-state index contributed by atoms with van der Waals surface area (Å²) < 4.78 is 37.0. The number of halogens is 2. The van der Waals surface area contributed by atoms with E-state index in [9.17, 15) is 8.78 Å². The first-order valence-electron chi connectivity index (χ1n) is 6.96. The van der Waals surface area contributed by atoms with Gasteiger partial charge in [-0.25, -0.2) is 8.78 Å². The first-order chi connectivity index (χ1) is 10.1. The molecule has 3 nitrogen and oxygen atoms in total. The van der Waals surface area contributed by atoms with Crippen molar-refractivity contribution in [2.24, 2.45) is 0 Å². The highest BCUT2D eigenvalue weighted by Gasteiger charge is 2.08. The van der Waals surface area contributed by atoms with Crippen molar-refractivity contribution in [1.82, 2.24) is 5.32 Å². The molecule has 0 aliphatic carbocycles. The van der Waals surface area contributed by atoms with E-state index in [-0.39, 0.29) is 12.4 Å².